The zero-order valence-electron chi connectivity index (χ0n) is 17.1. The SMILES string of the molecule is CCCNC(=O)O[C@H]1CC[C@@H](C2CC(NC(=O)Cc3ccc(OC)cn3)NN2)C1. The van der Waals surface area contributed by atoms with Crippen LogP contribution in [-0.2, 0) is 16.0 Å². The molecule has 9 nitrogen and oxygen atoms in total. The minimum absolute atomic E-state index is 0.0338. The molecule has 2 aliphatic rings. The quantitative estimate of drug-likeness (QED) is 0.515. The van der Waals surface area contributed by atoms with E-state index in [1.807, 2.05) is 6.92 Å². The fourth-order valence-electron chi connectivity index (χ4n) is 3.90. The number of hydrazine groups is 1. The normalized spacial score (nSPS) is 26.1. The van der Waals surface area contributed by atoms with Crippen molar-refractivity contribution in [2.45, 2.75) is 63.8 Å². The molecule has 0 aromatic carbocycles. The van der Waals surface area contributed by atoms with Crippen LogP contribution in [0.3, 0.4) is 0 Å². The summed E-state index contributed by atoms with van der Waals surface area (Å²) < 4.78 is 10.6. The molecule has 1 aliphatic carbocycles. The summed E-state index contributed by atoms with van der Waals surface area (Å²) in [7, 11) is 1.58. The molecule has 0 spiro atoms. The molecule has 160 valence electrons. The van der Waals surface area contributed by atoms with Gasteiger partial charge in [0.1, 0.15) is 11.9 Å². The molecule has 3 rings (SSSR count). The number of amides is 2. The van der Waals surface area contributed by atoms with Crippen LogP contribution in [0.4, 0.5) is 4.79 Å². The Morgan fingerprint density at radius 2 is 2.10 bits per heavy atom. The zero-order chi connectivity index (χ0) is 20.6. The number of alkyl carbamates (subject to hydrolysis) is 1. The Morgan fingerprint density at radius 1 is 1.24 bits per heavy atom. The zero-order valence-corrected chi connectivity index (χ0v) is 17.1. The number of aromatic nitrogens is 1. The van der Waals surface area contributed by atoms with Gasteiger partial charge in [0.2, 0.25) is 5.91 Å². The molecule has 1 aromatic rings. The number of carbonyl (C=O) groups is 2. The molecule has 1 aliphatic heterocycles. The second-order valence-corrected chi connectivity index (χ2v) is 7.64. The first kappa shape index (κ1) is 21.3. The molecular formula is C20H31N5O4. The second-order valence-electron chi connectivity index (χ2n) is 7.64. The highest BCUT2D eigenvalue weighted by molar-refractivity contribution is 5.78. The van der Waals surface area contributed by atoms with Crippen molar-refractivity contribution in [3.8, 4) is 5.75 Å². The molecule has 0 radical (unpaired) electrons. The maximum Gasteiger partial charge on any atom is 0.407 e. The first-order chi connectivity index (χ1) is 14.1. The molecule has 29 heavy (non-hydrogen) atoms. The van der Waals surface area contributed by atoms with Crippen molar-refractivity contribution in [1.82, 2.24) is 26.5 Å². The number of hydrogen-bond acceptors (Lipinski definition) is 7. The number of rotatable bonds is 8. The van der Waals surface area contributed by atoms with E-state index in [0.717, 1.165) is 32.1 Å². The predicted octanol–water partition coefficient (Wildman–Crippen LogP) is 1.25. The van der Waals surface area contributed by atoms with Crippen molar-refractivity contribution in [2.75, 3.05) is 13.7 Å². The van der Waals surface area contributed by atoms with Gasteiger partial charge in [-0.3, -0.25) is 15.2 Å². The van der Waals surface area contributed by atoms with Crippen LogP contribution in [0.15, 0.2) is 18.3 Å². The summed E-state index contributed by atoms with van der Waals surface area (Å²) in [6.07, 6.45) is 5.75. The van der Waals surface area contributed by atoms with Gasteiger partial charge in [-0.15, -0.1) is 0 Å². The lowest BCUT2D eigenvalue weighted by atomic mass is 9.96. The molecule has 4 N–H and O–H groups in total. The smallest absolute Gasteiger partial charge is 0.407 e. The highest BCUT2D eigenvalue weighted by Gasteiger charge is 2.37. The van der Waals surface area contributed by atoms with Gasteiger partial charge >= 0.3 is 6.09 Å². The van der Waals surface area contributed by atoms with Crippen LogP contribution in [0.25, 0.3) is 0 Å². The predicted molar refractivity (Wildman–Crippen MR) is 107 cm³/mol. The Labute approximate surface area is 171 Å². The van der Waals surface area contributed by atoms with Gasteiger partial charge in [0, 0.05) is 18.3 Å². The maximum absolute atomic E-state index is 12.3. The van der Waals surface area contributed by atoms with Crippen LogP contribution in [0, 0.1) is 5.92 Å². The van der Waals surface area contributed by atoms with Crippen molar-refractivity contribution in [1.29, 1.82) is 0 Å². The number of nitrogens with one attached hydrogen (secondary N) is 4. The molecule has 4 atom stereocenters. The monoisotopic (exact) mass is 405 g/mol. The van der Waals surface area contributed by atoms with Gasteiger partial charge in [-0.1, -0.05) is 6.92 Å². The lowest BCUT2D eigenvalue weighted by Gasteiger charge is -2.18. The summed E-state index contributed by atoms with van der Waals surface area (Å²) in [6, 6.07) is 3.82. The molecule has 1 saturated heterocycles. The van der Waals surface area contributed by atoms with Gasteiger partial charge in [-0.05, 0) is 50.2 Å². The molecule has 2 unspecified atom stereocenters. The van der Waals surface area contributed by atoms with E-state index in [0.29, 0.717) is 23.9 Å². The van der Waals surface area contributed by atoms with Crippen LogP contribution in [0.2, 0.25) is 0 Å². The Kier molecular flexibility index (Phi) is 7.65. The molecule has 2 fully saturated rings. The van der Waals surface area contributed by atoms with Crippen LogP contribution >= 0.6 is 0 Å². The van der Waals surface area contributed by atoms with E-state index in [1.54, 1.807) is 25.4 Å². The van der Waals surface area contributed by atoms with Crippen molar-refractivity contribution >= 4 is 12.0 Å². The number of carbonyl (C=O) groups excluding carboxylic acids is 2. The van der Waals surface area contributed by atoms with Crippen molar-refractivity contribution in [3.63, 3.8) is 0 Å². The first-order valence-corrected chi connectivity index (χ1v) is 10.3. The molecular weight excluding hydrogens is 374 g/mol. The Hall–Kier alpha value is -2.39. The third-order valence-electron chi connectivity index (χ3n) is 5.43. The van der Waals surface area contributed by atoms with Gasteiger partial charge < -0.3 is 20.1 Å². The van der Waals surface area contributed by atoms with E-state index < -0.39 is 0 Å². The number of pyridine rings is 1. The van der Waals surface area contributed by atoms with E-state index in [-0.39, 0.29) is 36.7 Å². The maximum atomic E-state index is 12.3. The standard InChI is InChI=1S/C20H31N5O4/c1-3-8-21-20(27)29-15-6-4-13(9-15)17-11-18(25-24-17)23-19(26)10-14-5-7-16(28-2)12-22-14/h5,7,12-13,15,17-18,24-25H,3-4,6,8-11H2,1-2H3,(H,21,27)(H,23,26)/t13-,15+,17?,18?/m1/s1. The number of nitrogens with zero attached hydrogens (tertiary/aromatic N) is 1. The van der Waals surface area contributed by atoms with E-state index in [2.05, 4.69) is 26.5 Å². The number of methoxy groups -OCH3 is 1. The van der Waals surface area contributed by atoms with Gasteiger partial charge in [-0.2, -0.15) is 0 Å². The lowest BCUT2D eigenvalue weighted by molar-refractivity contribution is -0.121. The van der Waals surface area contributed by atoms with Crippen molar-refractivity contribution in [2.24, 2.45) is 5.92 Å². The molecule has 9 heteroatoms. The highest BCUT2D eigenvalue weighted by Crippen LogP contribution is 2.32. The summed E-state index contributed by atoms with van der Waals surface area (Å²) in [5.74, 6) is 1.000. The summed E-state index contributed by atoms with van der Waals surface area (Å²) >= 11 is 0. The Balaban J connectivity index is 1.38. The van der Waals surface area contributed by atoms with Crippen molar-refractivity contribution in [3.05, 3.63) is 24.0 Å². The van der Waals surface area contributed by atoms with E-state index >= 15 is 0 Å². The van der Waals surface area contributed by atoms with Gasteiger partial charge in [-0.25, -0.2) is 10.2 Å². The Morgan fingerprint density at radius 3 is 2.83 bits per heavy atom. The fourth-order valence-corrected chi connectivity index (χ4v) is 3.90. The Bertz CT molecular complexity index is 684. The molecule has 2 heterocycles. The average molecular weight is 405 g/mol. The second kappa shape index (κ2) is 10.4. The summed E-state index contributed by atoms with van der Waals surface area (Å²) in [4.78, 5) is 28.2. The molecule has 1 aromatic heterocycles. The number of hydrogen-bond donors (Lipinski definition) is 4. The third kappa shape index (κ3) is 6.30. The molecule has 1 saturated carbocycles. The summed E-state index contributed by atoms with van der Waals surface area (Å²) in [6.45, 7) is 2.64. The van der Waals surface area contributed by atoms with E-state index in [1.165, 1.54) is 0 Å². The van der Waals surface area contributed by atoms with Gasteiger partial charge in [0.25, 0.3) is 0 Å². The fraction of sp³-hybridized carbons (Fsp3) is 0.650. The summed E-state index contributed by atoms with van der Waals surface area (Å²) in [5.41, 5.74) is 7.14. The van der Waals surface area contributed by atoms with Gasteiger partial charge in [0.05, 0.1) is 25.9 Å². The lowest BCUT2D eigenvalue weighted by Crippen LogP contribution is -2.45. The first-order valence-electron chi connectivity index (χ1n) is 10.3. The highest BCUT2D eigenvalue weighted by atomic mass is 16.6. The van der Waals surface area contributed by atoms with Gasteiger partial charge in [0.15, 0.2) is 0 Å². The van der Waals surface area contributed by atoms with Crippen LogP contribution in [-0.4, -0.2) is 49.0 Å². The topological polar surface area (TPSA) is 114 Å². The molecule has 2 amide bonds. The minimum Gasteiger partial charge on any atom is -0.495 e. The largest absolute Gasteiger partial charge is 0.495 e. The number of ether oxygens (including phenoxy) is 2. The third-order valence-corrected chi connectivity index (χ3v) is 5.43. The molecule has 0 bridgehead atoms. The van der Waals surface area contributed by atoms with Crippen molar-refractivity contribution < 1.29 is 19.1 Å². The van der Waals surface area contributed by atoms with Crippen LogP contribution in [0.5, 0.6) is 5.75 Å². The van der Waals surface area contributed by atoms with E-state index in [9.17, 15) is 9.59 Å². The van der Waals surface area contributed by atoms with Crippen LogP contribution in [0.1, 0.15) is 44.7 Å². The summed E-state index contributed by atoms with van der Waals surface area (Å²) in [5, 5.41) is 5.75. The minimum atomic E-state index is -0.327. The van der Waals surface area contributed by atoms with E-state index in [4.69, 9.17) is 9.47 Å². The average Bonchev–Trinajstić information content (AvgIpc) is 3.36. The van der Waals surface area contributed by atoms with Crippen LogP contribution < -0.4 is 26.2 Å².